The Morgan fingerprint density at radius 3 is 2.62 bits per heavy atom. The van der Waals surface area contributed by atoms with Crippen LogP contribution in [0.4, 0.5) is 5.13 Å². The van der Waals surface area contributed by atoms with E-state index in [0.29, 0.717) is 26.4 Å². The first-order chi connectivity index (χ1) is 19.5. The minimum Gasteiger partial charge on any atom is -0.306 e. The Kier molecular flexibility index (Phi) is 7.16. The van der Waals surface area contributed by atoms with Gasteiger partial charge in [0, 0.05) is 17.0 Å². The van der Waals surface area contributed by atoms with Crippen molar-refractivity contribution in [1.29, 1.82) is 5.41 Å². The fourth-order valence-electron chi connectivity index (χ4n) is 4.22. The van der Waals surface area contributed by atoms with Crippen LogP contribution in [0.5, 0.6) is 0 Å². The average Bonchev–Trinajstić information content (AvgIpc) is 3.42. The molecule has 1 amide bonds. The summed E-state index contributed by atoms with van der Waals surface area (Å²) in [6.07, 6.45) is 1.63. The van der Waals surface area contributed by atoms with Gasteiger partial charge in [0.25, 0.3) is 11.5 Å². The first kappa shape index (κ1) is 25.9. The van der Waals surface area contributed by atoms with Crippen LogP contribution in [0.25, 0.3) is 16.7 Å². The van der Waals surface area contributed by atoms with Crippen LogP contribution in [0.3, 0.4) is 0 Å². The molecule has 198 valence electrons. The van der Waals surface area contributed by atoms with Crippen molar-refractivity contribution in [3.63, 3.8) is 0 Å². The largest absolute Gasteiger partial charge is 0.306 e. The lowest BCUT2D eigenvalue weighted by Gasteiger charge is -2.14. The quantitative estimate of drug-likeness (QED) is 0.151. The molecule has 40 heavy (non-hydrogen) atoms. The number of hydrogen-bond donors (Lipinski definition) is 2. The maximum Gasteiger partial charge on any atom is 0.267 e. The van der Waals surface area contributed by atoms with Crippen molar-refractivity contribution in [3.8, 4) is 0 Å². The van der Waals surface area contributed by atoms with Crippen LogP contribution in [0.15, 0.2) is 94.2 Å². The number of halogens is 1. The summed E-state index contributed by atoms with van der Waals surface area (Å²) in [6.45, 7) is 0.258. The molecule has 0 aliphatic rings. The Hall–Kier alpha value is -4.32. The molecule has 0 bridgehead atoms. The zero-order valence-electron chi connectivity index (χ0n) is 20.7. The fraction of sp³-hybridized carbons (Fsp3) is 0.0714. The van der Waals surface area contributed by atoms with Crippen LogP contribution < -0.4 is 16.4 Å². The van der Waals surface area contributed by atoms with E-state index in [4.69, 9.17) is 17.0 Å². The molecule has 6 aromatic rings. The number of amides is 1. The number of thioether (sulfide) groups is 1. The van der Waals surface area contributed by atoms with E-state index in [9.17, 15) is 9.59 Å². The number of rotatable bonds is 7. The van der Waals surface area contributed by atoms with Gasteiger partial charge in [-0.25, -0.2) is 4.98 Å². The molecule has 0 saturated carbocycles. The highest BCUT2D eigenvalue weighted by atomic mass is 35.5. The van der Waals surface area contributed by atoms with Crippen LogP contribution in [-0.4, -0.2) is 30.1 Å². The van der Waals surface area contributed by atoms with Crippen molar-refractivity contribution in [2.24, 2.45) is 0 Å². The van der Waals surface area contributed by atoms with Crippen LogP contribution in [0.2, 0.25) is 5.02 Å². The van der Waals surface area contributed by atoms with Crippen LogP contribution >= 0.6 is 34.7 Å². The smallest absolute Gasteiger partial charge is 0.267 e. The summed E-state index contributed by atoms with van der Waals surface area (Å²) in [5.41, 5.74) is 2.28. The number of anilines is 1. The molecule has 0 aliphatic carbocycles. The summed E-state index contributed by atoms with van der Waals surface area (Å²) in [6, 6.07) is 23.8. The predicted molar refractivity (Wildman–Crippen MR) is 157 cm³/mol. The molecule has 0 saturated heterocycles. The Bertz CT molecular complexity index is 2000. The zero-order valence-corrected chi connectivity index (χ0v) is 23.1. The van der Waals surface area contributed by atoms with Gasteiger partial charge in [-0.05, 0) is 35.4 Å². The predicted octanol–water partition coefficient (Wildman–Crippen LogP) is 5.23. The number of carbonyl (C=O) groups excluding carboxylic acids is 1. The SMILES string of the molecule is N=c1c(C(=O)Nc2nnc(SCc3ccccc3Cl)s2)cc2c(=O)n3ccccc3nc2n1Cc1ccccc1. The number of benzene rings is 2. The van der Waals surface area contributed by atoms with Crippen molar-refractivity contribution >= 4 is 62.4 Å². The number of hydrogen-bond acceptors (Lipinski definition) is 8. The third kappa shape index (κ3) is 5.14. The highest BCUT2D eigenvalue weighted by Gasteiger charge is 2.19. The normalized spacial score (nSPS) is 11.2. The molecule has 12 heteroatoms. The standard InChI is InChI=1S/C28H20ClN7O2S2/c29-21-11-5-4-10-18(21)16-39-28-34-33-27(40-28)32-25(37)19-14-20-24(31-22-12-6-7-13-35(22)26(20)38)36(23(19)30)15-17-8-2-1-3-9-17/h1-14,30H,15-16H2,(H,32,33,37). The molecule has 6 rings (SSSR count). The lowest BCUT2D eigenvalue weighted by atomic mass is 10.1. The second-order valence-electron chi connectivity index (χ2n) is 8.77. The molecule has 0 spiro atoms. The molecule has 0 unspecified atom stereocenters. The molecule has 4 aromatic heterocycles. The van der Waals surface area contributed by atoms with Gasteiger partial charge in [-0.2, -0.15) is 0 Å². The minimum absolute atomic E-state index is 0.0266. The lowest BCUT2D eigenvalue weighted by molar-refractivity contribution is 0.102. The van der Waals surface area contributed by atoms with E-state index in [0.717, 1.165) is 11.1 Å². The Morgan fingerprint density at radius 2 is 1.80 bits per heavy atom. The van der Waals surface area contributed by atoms with E-state index in [1.54, 1.807) is 29.0 Å². The first-order valence-electron chi connectivity index (χ1n) is 12.1. The second-order valence-corrected chi connectivity index (χ2v) is 11.4. The van der Waals surface area contributed by atoms with Crippen LogP contribution in [-0.2, 0) is 12.3 Å². The maximum absolute atomic E-state index is 13.4. The molecule has 9 nitrogen and oxygen atoms in total. The molecule has 0 aliphatic heterocycles. The van der Waals surface area contributed by atoms with Crippen molar-refractivity contribution in [2.75, 3.05) is 5.32 Å². The third-order valence-corrected chi connectivity index (χ3v) is 8.57. The van der Waals surface area contributed by atoms with Gasteiger partial charge >= 0.3 is 0 Å². The molecule has 0 radical (unpaired) electrons. The van der Waals surface area contributed by atoms with Crippen molar-refractivity contribution in [3.05, 3.63) is 123 Å². The van der Waals surface area contributed by atoms with E-state index >= 15 is 0 Å². The van der Waals surface area contributed by atoms with Gasteiger partial charge in [-0.15, -0.1) is 10.2 Å². The van der Waals surface area contributed by atoms with E-state index in [1.165, 1.54) is 33.6 Å². The summed E-state index contributed by atoms with van der Waals surface area (Å²) < 4.78 is 3.67. The van der Waals surface area contributed by atoms with Gasteiger partial charge in [-0.1, -0.05) is 89.3 Å². The average molecular weight is 586 g/mol. The van der Waals surface area contributed by atoms with Gasteiger partial charge in [-0.3, -0.25) is 24.7 Å². The second kappa shape index (κ2) is 11.0. The first-order valence-corrected chi connectivity index (χ1v) is 14.3. The number of aromatic nitrogens is 5. The van der Waals surface area contributed by atoms with Gasteiger partial charge in [0.1, 0.15) is 16.8 Å². The monoisotopic (exact) mass is 585 g/mol. The molecule has 2 N–H and O–H groups in total. The Labute approximate surface area is 240 Å². The Balaban J connectivity index is 1.35. The Morgan fingerprint density at radius 1 is 1.02 bits per heavy atom. The number of pyridine rings is 2. The molecule has 0 fully saturated rings. The summed E-state index contributed by atoms with van der Waals surface area (Å²) >= 11 is 8.93. The van der Waals surface area contributed by atoms with Gasteiger partial charge in [0.05, 0.1) is 17.5 Å². The highest BCUT2D eigenvalue weighted by Crippen LogP contribution is 2.30. The number of carbonyl (C=O) groups is 1. The molecule has 4 heterocycles. The van der Waals surface area contributed by atoms with E-state index < -0.39 is 5.91 Å². The third-order valence-electron chi connectivity index (χ3n) is 6.18. The zero-order chi connectivity index (χ0) is 27.6. The van der Waals surface area contributed by atoms with Crippen LogP contribution in [0.1, 0.15) is 21.5 Å². The van der Waals surface area contributed by atoms with Gasteiger partial charge < -0.3 is 4.57 Å². The van der Waals surface area contributed by atoms with Crippen molar-refractivity contribution < 1.29 is 4.79 Å². The fourth-order valence-corrected chi connectivity index (χ4v) is 6.25. The lowest BCUT2D eigenvalue weighted by Crippen LogP contribution is -2.32. The maximum atomic E-state index is 13.4. The minimum atomic E-state index is -0.565. The van der Waals surface area contributed by atoms with E-state index in [1.807, 2.05) is 54.6 Å². The van der Waals surface area contributed by atoms with Crippen molar-refractivity contribution in [2.45, 2.75) is 16.6 Å². The van der Waals surface area contributed by atoms with Crippen LogP contribution in [0, 0.1) is 5.41 Å². The molecular weight excluding hydrogens is 566 g/mol. The van der Waals surface area contributed by atoms with Gasteiger partial charge in [0.2, 0.25) is 5.13 Å². The number of nitrogens with zero attached hydrogens (tertiary/aromatic N) is 5. The summed E-state index contributed by atoms with van der Waals surface area (Å²) in [5, 5.41) is 21.1. The summed E-state index contributed by atoms with van der Waals surface area (Å²) in [5.74, 6) is 0.0406. The topological polar surface area (TPSA) is 118 Å². The summed E-state index contributed by atoms with van der Waals surface area (Å²) in [7, 11) is 0. The number of nitrogens with one attached hydrogen (secondary N) is 2. The van der Waals surface area contributed by atoms with E-state index in [-0.39, 0.29) is 33.7 Å². The van der Waals surface area contributed by atoms with Crippen molar-refractivity contribution in [1.82, 2.24) is 24.1 Å². The molecule has 0 atom stereocenters. The molecular formula is C28H20ClN7O2S2. The van der Waals surface area contributed by atoms with Gasteiger partial charge in [0.15, 0.2) is 4.34 Å². The summed E-state index contributed by atoms with van der Waals surface area (Å²) in [4.78, 5) is 31.5. The number of fused-ring (bicyclic) bond motifs is 2. The molecule has 2 aromatic carbocycles. The van der Waals surface area contributed by atoms with E-state index in [2.05, 4.69) is 20.5 Å². The highest BCUT2D eigenvalue weighted by molar-refractivity contribution is 8.00.